The number of carbonyl (C=O) groups excluding carboxylic acids is 3. The Labute approximate surface area is 255 Å². The van der Waals surface area contributed by atoms with Crippen molar-refractivity contribution in [1.82, 2.24) is 15.2 Å². The van der Waals surface area contributed by atoms with E-state index in [0.717, 1.165) is 11.1 Å². The van der Waals surface area contributed by atoms with Gasteiger partial charge in [0.05, 0.1) is 18.8 Å². The Kier molecular flexibility index (Phi) is 9.81. The summed E-state index contributed by atoms with van der Waals surface area (Å²) in [5.41, 5.74) is 0.470. The molecular weight excluding hydrogens is 573 g/mol. The molecule has 1 saturated heterocycles. The smallest absolute Gasteiger partial charge is 0.444 e. The summed E-state index contributed by atoms with van der Waals surface area (Å²) in [6.07, 6.45) is -1.48. The van der Waals surface area contributed by atoms with Crippen LogP contribution in [0.25, 0.3) is 11.3 Å². The number of hydrogen-bond donors (Lipinski definition) is 1. The summed E-state index contributed by atoms with van der Waals surface area (Å²) in [4.78, 5) is 44.5. The normalized spacial score (nSPS) is 18.4. The van der Waals surface area contributed by atoms with Crippen LogP contribution in [0.1, 0.15) is 52.7 Å². The maximum absolute atomic E-state index is 13.6. The second-order valence-electron chi connectivity index (χ2n) is 12.4. The van der Waals surface area contributed by atoms with Gasteiger partial charge in [0.25, 0.3) is 0 Å². The molecule has 1 aliphatic heterocycles. The molecule has 0 spiro atoms. The van der Waals surface area contributed by atoms with E-state index in [1.807, 2.05) is 24.3 Å². The molecule has 4 rings (SSSR count). The van der Waals surface area contributed by atoms with Crippen molar-refractivity contribution < 1.29 is 42.1 Å². The average molecular weight is 612 g/mol. The van der Waals surface area contributed by atoms with Gasteiger partial charge < -0.3 is 28.7 Å². The number of alkyl carbamates (subject to hydrolysis) is 1. The van der Waals surface area contributed by atoms with E-state index in [4.69, 9.17) is 23.4 Å². The van der Waals surface area contributed by atoms with Crippen LogP contribution in [-0.4, -0.2) is 64.2 Å². The minimum Gasteiger partial charge on any atom is -0.444 e. The summed E-state index contributed by atoms with van der Waals surface area (Å²) < 4.78 is 41.5. The Morgan fingerprint density at radius 2 is 1.68 bits per heavy atom. The van der Waals surface area contributed by atoms with Crippen LogP contribution in [0, 0.1) is 5.82 Å². The second kappa shape index (κ2) is 13.4. The quantitative estimate of drug-likeness (QED) is 0.243. The first-order valence-corrected chi connectivity index (χ1v) is 14.2. The Hall–Kier alpha value is -4.61. The number of hydrogen-bond acceptors (Lipinski definition) is 9. The average Bonchev–Trinajstić information content (AvgIpc) is 3.56. The van der Waals surface area contributed by atoms with E-state index in [2.05, 4.69) is 10.3 Å². The Balaban J connectivity index is 1.61. The molecule has 0 bridgehead atoms. The number of rotatable bonds is 7. The van der Waals surface area contributed by atoms with Gasteiger partial charge >= 0.3 is 18.3 Å². The minimum absolute atomic E-state index is 0.00948. The highest BCUT2D eigenvalue weighted by molar-refractivity contribution is 5.71. The molecule has 0 aliphatic carbocycles. The number of nitrogens with zero attached hydrogens (tertiary/aromatic N) is 2. The number of halogens is 1. The number of nitrogens with one attached hydrogen (secondary N) is 1. The molecule has 0 radical (unpaired) electrons. The summed E-state index contributed by atoms with van der Waals surface area (Å²) in [6, 6.07) is 12.4. The van der Waals surface area contributed by atoms with Crippen LogP contribution < -0.4 is 5.32 Å². The van der Waals surface area contributed by atoms with Crippen molar-refractivity contribution in [1.29, 1.82) is 0 Å². The van der Waals surface area contributed by atoms with Gasteiger partial charge in [0.2, 0.25) is 0 Å². The van der Waals surface area contributed by atoms with Gasteiger partial charge in [-0.3, -0.25) is 4.90 Å². The lowest BCUT2D eigenvalue weighted by Gasteiger charge is -2.30. The highest BCUT2D eigenvalue weighted by Crippen LogP contribution is 2.30. The third-order valence-electron chi connectivity index (χ3n) is 6.47. The molecule has 2 aromatic carbocycles. The molecule has 0 saturated carbocycles. The predicted molar refractivity (Wildman–Crippen MR) is 157 cm³/mol. The SMILES string of the molecule is CC(C)(C)OC(=O)O[C@H]1CN(C(=O)OC(C)(C)C)[C@H](Cc2ccc(-c3cnco3)cc2)[C@@H]1OC(=O)NCc1cccc(F)c1. The van der Waals surface area contributed by atoms with Crippen molar-refractivity contribution in [2.24, 2.45) is 0 Å². The zero-order valence-corrected chi connectivity index (χ0v) is 25.7. The second-order valence-corrected chi connectivity index (χ2v) is 12.4. The molecule has 3 atom stereocenters. The number of aromatic nitrogens is 1. The molecule has 12 heteroatoms. The molecule has 0 unspecified atom stereocenters. The molecule has 236 valence electrons. The van der Waals surface area contributed by atoms with Gasteiger partial charge in [0.15, 0.2) is 24.4 Å². The molecule has 2 amide bonds. The van der Waals surface area contributed by atoms with Crippen LogP contribution in [0.15, 0.2) is 65.5 Å². The number of oxazole rings is 1. The van der Waals surface area contributed by atoms with Crippen LogP contribution >= 0.6 is 0 Å². The summed E-state index contributed by atoms with van der Waals surface area (Å²) in [5, 5.41) is 2.60. The van der Waals surface area contributed by atoms with Crippen LogP contribution in [0.2, 0.25) is 0 Å². The summed E-state index contributed by atoms with van der Waals surface area (Å²) in [5.74, 6) is 0.150. The Morgan fingerprint density at radius 3 is 2.30 bits per heavy atom. The molecule has 44 heavy (non-hydrogen) atoms. The van der Waals surface area contributed by atoms with E-state index < -0.39 is 53.6 Å². The summed E-state index contributed by atoms with van der Waals surface area (Å²) in [6.45, 7) is 10.2. The van der Waals surface area contributed by atoms with E-state index in [9.17, 15) is 18.8 Å². The van der Waals surface area contributed by atoms with Gasteiger partial charge in [-0.1, -0.05) is 36.4 Å². The van der Waals surface area contributed by atoms with E-state index in [1.54, 1.807) is 53.8 Å². The van der Waals surface area contributed by atoms with E-state index in [1.165, 1.54) is 29.5 Å². The van der Waals surface area contributed by atoms with Gasteiger partial charge in [0, 0.05) is 12.1 Å². The van der Waals surface area contributed by atoms with Crippen LogP contribution in [0.3, 0.4) is 0 Å². The zero-order valence-electron chi connectivity index (χ0n) is 25.7. The van der Waals surface area contributed by atoms with Gasteiger partial charge in [-0.25, -0.2) is 23.8 Å². The van der Waals surface area contributed by atoms with E-state index in [-0.39, 0.29) is 19.5 Å². The van der Waals surface area contributed by atoms with E-state index >= 15 is 0 Å². The standard InChI is InChI=1S/C32H38FN3O8/c1-31(2,3)43-29(38)36-18-26(41-30(39)44-32(4,5)6)27(42-28(37)35-16-21-8-7-9-23(33)14-21)24(36)15-20-10-12-22(13-11-20)25-17-34-19-40-25/h7-14,17,19,24,26-27H,15-16,18H2,1-6H3,(H,35,37)/t24-,26+,27+/m1/s1. The van der Waals surface area contributed by atoms with Gasteiger partial charge in [-0.05, 0) is 71.2 Å². The molecule has 3 aromatic rings. The molecule has 1 N–H and O–H groups in total. The number of likely N-dealkylation sites (tertiary alicyclic amines) is 1. The monoisotopic (exact) mass is 611 g/mol. The topological polar surface area (TPSA) is 129 Å². The minimum atomic E-state index is -1.10. The number of amides is 2. The predicted octanol–water partition coefficient (Wildman–Crippen LogP) is 6.26. The first-order valence-electron chi connectivity index (χ1n) is 14.2. The zero-order chi connectivity index (χ0) is 32.1. The van der Waals surface area contributed by atoms with Gasteiger partial charge in [-0.15, -0.1) is 0 Å². The number of benzene rings is 2. The lowest BCUT2D eigenvalue weighted by Crippen LogP contribution is -2.46. The molecule has 2 heterocycles. The van der Waals surface area contributed by atoms with Gasteiger partial charge in [0.1, 0.15) is 17.0 Å². The largest absolute Gasteiger partial charge is 0.509 e. The molecule has 11 nitrogen and oxygen atoms in total. The van der Waals surface area contributed by atoms with Gasteiger partial charge in [-0.2, -0.15) is 0 Å². The van der Waals surface area contributed by atoms with Crippen molar-refractivity contribution >= 4 is 18.3 Å². The maximum atomic E-state index is 13.6. The van der Waals surface area contributed by atoms with Crippen molar-refractivity contribution in [3.8, 4) is 11.3 Å². The lowest BCUT2D eigenvalue weighted by molar-refractivity contribution is -0.0518. The number of ether oxygens (including phenoxy) is 4. The first kappa shape index (κ1) is 32.3. The summed E-state index contributed by atoms with van der Waals surface area (Å²) in [7, 11) is 0. The summed E-state index contributed by atoms with van der Waals surface area (Å²) >= 11 is 0. The molecule has 1 fully saturated rings. The van der Waals surface area contributed by atoms with Crippen molar-refractivity contribution in [3.05, 3.63) is 78.1 Å². The molecule has 1 aromatic heterocycles. The fourth-order valence-corrected chi connectivity index (χ4v) is 4.66. The van der Waals surface area contributed by atoms with Crippen LogP contribution in [-0.2, 0) is 31.9 Å². The lowest BCUT2D eigenvalue weighted by atomic mass is 9.99. The third kappa shape index (κ3) is 9.19. The number of carbonyl (C=O) groups is 3. The highest BCUT2D eigenvalue weighted by atomic mass is 19.1. The van der Waals surface area contributed by atoms with Crippen molar-refractivity contribution in [2.75, 3.05) is 6.54 Å². The Bertz CT molecular complexity index is 1430. The van der Waals surface area contributed by atoms with E-state index in [0.29, 0.717) is 11.3 Å². The van der Waals surface area contributed by atoms with Crippen LogP contribution in [0.5, 0.6) is 0 Å². The third-order valence-corrected chi connectivity index (χ3v) is 6.47. The van der Waals surface area contributed by atoms with Crippen LogP contribution in [0.4, 0.5) is 18.8 Å². The molecule has 1 aliphatic rings. The first-order chi connectivity index (χ1) is 20.7. The van der Waals surface area contributed by atoms with Crippen molar-refractivity contribution in [3.63, 3.8) is 0 Å². The Morgan fingerprint density at radius 1 is 0.977 bits per heavy atom. The maximum Gasteiger partial charge on any atom is 0.509 e. The van der Waals surface area contributed by atoms with Crippen molar-refractivity contribution in [2.45, 2.75) is 84.0 Å². The molecular formula is C32H38FN3O8. The fraction of sp³-hybridized carbons (Fsp3) is 0.438. The fourth-order valence-electron chi connectivity index (χ4n) is 4.66. The highest BCUT2D eigenvalue weighted by Gasteiger charge is 2.50.